The normalized spacial score (nSPS) is 17.3. The van der Waals surface area contributed by atoms with Gasteiger partial charge in [0.05, 0.1) is 0 Å². The van der Waals surface area contributed by atoms with Gasteiger partial charge in [-0.05, 0) is 48.3 Å². The standard InChI is InChI=1S/C14H18OS/c1-11(15)10-12-2-4-13(5-3-12)14-6-8-16-9-7-14/h2-5,14H,6-10H2,1H3. The summed E-state index contributed by atoms with van der Waals surface area (Å²) in [6, 6.07) is 8.63. The van der Waals surface area contributed by atoms with Gasteiger partial charge in [-0.2, -0.15) is 11.8 Å². The number of Topliss-reactive ketones (excluding diaryl/α,β-unsaturated/α-hetero) is 1. The van der Waals surface area contributed by atoms with Crippen molar-refractivity contribution >= 4 is 17.5 Å². The molecule has 0 aliphatic carbocycles. The van der Waals surface area contributed by atoms with E-state index in [0.717, 1.165) is 11.5 Å². The van der Waals surface area contributed by atoms with E-state index in [0.29, 0.717) is 6.42 Å². The summed E-state index contributed by atoms with van der Waals surface area (Å²) in [5.74, 6) is 3.56. The molecule has 1 nitrogen and oxygen atoms in total. The molecule has 2 heteroatoms. The van der Waals surface area contributed by atoms with E-state index >= 15 is 0 Å². The molecule has 2 rings (SSSR count). The molecule has 1 aromatic carbocycles. The Morgan fingerprint density at radius 3 is 2.44 bits per heavy atom. The lowest BCUT2D eigenvalue weighted by molar-refractivity contribution is -0.116. The van der Waals surface area contributed by atoms with Crippen molar-refractivity contribution in [3.8, 4) is 0 Å². The molecule has 1 heterocycles. The van der Waals surface area contributed by atoms with Crippen molar-refractivity contribution in [1.82, 2.24) is 0 Å². The van der Waals surface area contributed by atoms with Crippen LogP contribution in [-0.4, -0.2) is 17.3 Å². The minimum Gasteiger partial charge on any atom is -0.300 e. The molecule has 0 N–H and O–H groups in total. The first-order chi connectivity index (χ1) is 7.75. The van der Waals surface area contributed by atoms with Crippen molar-refractivity contribution in [3.05, 3.63) is 35.4 Å². The number of carbonyl (C=O) groups excluding carboxylic acids is 1. The van der Waals surface area contributed by atoms with Crippen LogP contribution in [0, 0.1) is 0 Å². The molecule has 1 aliphatic heterocycles. The molecule has 0 saturated carbocycles. The molecule has 0 bridgehead atoms. The maximum absolute atomic E-state index is 11.0. The predicted octanol–water partition coefficient (Wildman–Crippen LogP) is 3.43. The zero-order valence-corrected chi connectivity index (χ0v) is 10.6. The third-order valence-electron chi connectivity index (χ3n) is 3.13. The Morgan fingerprint density at radius 2 is 1.88 bits per heavy atom. The van der Waals surface area contributed by atoms with Crippen molar-refractivity contribution in [2.24, 2.45) is 0 Å². The fourth-order valence-electron chi connectivity index (χ4n) is 2.23. The minimum absolute atomic E-state index is 0.238. The molecule has 0 radical (unpaired) electrons. The molecule has 16 heavy (non-hydrogen) atoms. The van der Waals surface area contributed by atoms with Crippen LogP contribution in [0.4, 0.5) is 0 Å². The number of ketones is 1. The first kappa shape index (κ1) is 11.7. The smallest absolute Gasteiger partial charge is 0.134 e. The van der Waals surface area contributed by atoms with E-state index in [1.165, 1.54) is 29.9 Å². The molecule has 1 aromatic rings. The van der Waals surface area contributed by atoms with Crippen LogP contribution in [-0.2, 0) is 11.2 Å². The van der Waals surface area contributed by atoms with Crippen LogP contribution in [0.3, 0.4) is 0 Å². The highest BCUT2D eigenvalue weighted by atomic mass is 32.2. The summed E-state index contributed by atoms with van der Waals surface area (Å²) in [7, 11) is 0. The van der Waals surface area contributed by atoms with Crippen LogP contribution in [0.2, 0.25) is 0 Å². The summed E-state index contributed by atoms with van der Waals surface area (Å²) in [6.07, 6.45) is 3.17. The maximum atomic E-state index is 11.0. The largest absolute Gasteiger partial charge is 0.300 e. The van der Waals surface area contributed by atoms with Crippen LogP contribution in [0.25, 0.3) is 0 Å². The molecule has 1 saturated heterocycles. The number of rotatable bonds is 3. The van der Waals surface area contributed by atoms with E-state index in [2.05, 4.69) is 36.0 Å². The molecule has 1 fully saturated rings. The Balaban J connectivity index is 2.03. The topological polar surface area (TPSA) is 17.1 Å². The van der Waals surface area contributed by atoms with Crippen LogP contribution in [0.15, 0.2) is 24.3 Å². The highest BCUT2D eigenvalue weighted by Crippen LogP contribution is 2.31. The van der Waals surface area contributed by atoms with Gasteiger partial charge in [0.15, 0.2) is 0 Å². The van der Waals surface area contributed by atoms with E-state index in [9.17, 15) is 4.79 Å². The number of hydrogen-bond acceptors (Lipinski definition) is 2. The minimum atomic E-state index is 0.238. The lowest BCUT2D eigenvalue weighted by Crippen LogP contribution is -2.07. The SMILES string of the molecule is CC(=O)Cc1ccc(C2CCSCC2)cc1. The van der Waals surface area contributed by atoms with Gasteiger partial charge in [0.1, 0.15) is 5.78 Å². The maximum Gasteiger partial charge on any atom is 0.134 e. The zero-order valence-electron chi connectivity index (χ0n) is 9.74. The Labute approximate surface area is 102 Å². The van der Waals surface area contributed by atoms with Gasteiger partial charge < -0.3 is 0 Å². The molecule has 0 amide bonds. The van der Waals surface area contributed by atoms with Crippen molar-refractivity contribution in [2.45, 2.75) is 32.1 Å². The third kappa shape index (κ3) is 3.11. The fraction of sp³-hybridized carbons (Fsp3) is 0.500. The quantitative estimate of drug-likeness (QED) is 0.797. The van der Waals surface area contributed by atoms with Crippen molar-refractivity contribution in [3.63, 3.8) is 0 Å². The van der Waals surface area contributed by atoms with Crippen LogP contribution >= 0.6 is 11.8 Å². The molecular weight excluding hydrogens is 216 g/mol. The van der Waals surface area contributed by atoms with Crippen LogP contribution in [0.1, 0.15) is 36.8 Å². The van der Waals surface area contributed by atoms with E-state index in [1.807, 2.05) is 0 Å². The zero-order chi connectivity index (χ0) is 11.4. The average molecular weight is 234 g/mol. The van der Waals surface area contributed by atoms with Gasteiger partial charge in [-0.15, -0.1) is 0 Å². The summed E-state index contributed by atoms with van der Waals surface area (Å²) in [5.41, 5.74) is 2.59. The first-order valence-electron chi connectivity index (χ1n) is 5.92. The molecule has 1 aliphatic rings. The monoisotopic (exact) mass is 234 g/mol. The van der Waals surface area contributed by atoms with E-state index < -0.39 is 0 Å². The van der Waals surface area contributed by atoms with E-state index in [4.69, 9.17) is 0 Å². The highest BCUT2D eigenvalue weighted by Gasteiger charge is 2.15. The molecule has 0 aromatic heterocycles. The molecule has 0 atom stereocenters. The number of hydrogen-bond donors (Lipinski definition) is 0. The lowest BCUT2D eigenvalue weighted by atomic mass is 9.92. The number of thioether (sulfide) groups is 1. The van der Waals surface area contributed by atoms with Crippen molar-refractivity contribution in [1.29, 1.82) is 0 Å². The number of benzene rings is 1. The summed E-state index contributed by atoms with van der Waals surface area (Å²) >= 11 is 2.06. The Hall–Kier alpha value is -0.760. The van der Waals surface area contributed by atoms with Crippen molar-refractivity contribution in [2.75, 3.05) is 11.5 Å². The van der Waals surface area contributed by atoms with E-state index in [-0.39, 0.29) is 5.78 Å². The molecular formula is C14H18OS. The highest BCUT2D eigenvalue weighted by molar-refractivity contribution is 7.99. The van der Waals surface area contributed by atoms with Gasteiger partial charge in [0, 0.05) is 6.42 Å². The van der Waals surface area contributed by atoms with Gasteiger partial charge >= 0.3 is 0 Å². The molecule has 86 valence electrons. The summed E-state index contributed by atoms with van der Waals surface area (Å²) < 4.78 is 0. The second kappa shape index (κ2) is 5.53. The summed E-state index contributed by atoms with van der Waals surface area (Å²) in [5, 5.41) is 0. The van der Waals surface area contributed by atoms with Crippen LogP contribution in [0.5, 0.6) is 0 Å². The average Bonchev–Trinajstić information content (AvgIpc) is 2.30. The Morgan fingerprint density at radius 1 is 1.25 bits per heavy atom. The Bertz CT molecular complexity index is 350. The second-order valence-corrected chi connectivity index (χ2v) is 5.73. The first-order valence-corrected chi connectivity index (χ1v) is 7.07. The van der Waals surface area contributed by atoms with Crippen molar-refractivity contribution < 1.29 is 4.79 Å². The summed E-state index contributed by atoms with van der Waals surface area (Å²) in [6.45, 7) is 1.65. The third-order valence-corrected chi connectivity index (χ3v) is 4.17. The van der Waals surface area contributed by atoms with Crippen LogP contribution < -0.4 is 0 Å². The predicted molar refractivity (Wildman–Crippen MR) is 70.1 cm³/mol. The van der Waals surface area contributed by atoms with E-state index in [1.54, 1.807) is 6.92 Å². The molecule has 0 unspecified atom stereocenters. The van der Waals surface area contributed by atoms with Gasteiger partial charge in [-0.25, -0.2) is 0 Å². The summed E-state index contributed by atoms with van der Waals surface area (Å²) in [4.78, 5) is 11.0. The molecule has 0 spiro atoms. The van der Waals surface area contributed by atoms with Gasteiger partial charge in [-0.1, -0.05) is 24.3 Å². The van der Waals surface area contributed by atoms with Gasteiger partial charge in [-0.3, -0.25) is 4.79 Å². The second-order valence-electron chi connectivity index (χ2n) is 4.51. The van der Waals surface area contributed by atoms with Gasteiger partial charge in [0.2, 0.25) is 0 Å². The Kier molecular flexibility index (Phi) is 4.05. The fourth-order valence-corrected chi connectivity index (χ4v) is 3.33. The lowest BCUT2D eigenvalue weighted by Gasteiger charge is -2.21. The van der Waals surface area contributed by atoms with Gasteiger partial charge in [0.25, 0.3) is 0 Å². The number of carbonyl (C=O) groups is 1.